The summed E-state index contributed by atoms with van der Waals surface area (Å²) in [4.78, 5) is 22.6. The maximum absolute atomic E-state index is 11.5. The summed E-state index contributed by atoms with van der Waals surface area (Å²) in [6, 6.07) is 0. The highest BCUT2D eigenvalue weighted by Gasteiger charge is 2.43. The van der Waals surface area contributed by atoms with Gasteiger partial charge in [0.2, 0.25) is 0 Å². The Balaban J connectivity index is 2.03. The number of hydrogen-bond acceptors (Lipinski definition) is 2. The summed E-state index contributed by atoms with van der Waals surface area (Å²) < 4.78 is 0. The van der Waals surface area contributed by atoms with E-state index in [1.807, 2.05) is 0 Å². The Morgan fingerprint density at radius 2 is 1.75 bits per heavy atom. The lowest BCUT2D eigenvalue weighted by Crippen LogP contribution is -2.40. The maximum Gasteiger partial charge on any atom is 0.306 e. The Morgan fingerprint density at radius 3 is 2.35 bits per heavy atom. The van der Waals surface area contributed by atoms with Crippen LogP contribution in [0.5, 0.6) is 0 Å². The minimum Gasteiger partial charge on any atom is -0.481 e. The second kappa shape index (κ2) is 6.59. The summed E-state index contributed by atoms with van der Waals surface area (Å²) >= 11 is 0. The van der Waals surface area contributed by atoms with Crippen LogP contribution in [0, 0.1) is 29.6 Å². The van der Waals surface area contributed by atoms with E-state index in [4.69, 9.17) is 0 Å². The van der Waals surface area contributed by atoms with Crippen LogP contribution in [-0.2, 0) is 9.59 Å². The van der Waals surface area contributed by atoms with Crippen molar-refractivity contribution in [1.29, 1.82) is 0 Å². The van der Waals surface area contributed by atoms with Crippen LogP contribution in [0.1, 0.15) is 58.3 Å². The molecule has 5 unspecified atom stereocenters. The molecule has 20 heavy (non-hydrogen) atoms. The van der Waals surface area contributed by atoms with Gasteiger partial charge in [-0.05, 0) is 56.3 Å². The van der Waals surface area contributed by atoms with Gasteiger partial charge in [0.05, 0.1) is 11.8 Å². The second-order valence-electron chi connectivity index (χ2n) is 6.69. The quantitative estimate of drug-likeness (QED) is 0.810. The van der Waals surface area contributed by atoms with Crippen molar-refractivity contribution in [2.75, 3.05) is 0 Å². The van der Waals surface area contributed by atoms with Crippen molar-refractivity contribution < 1.29 is 19.8 Å². The molecule has 0 amide bonds. The Labute approximate surface area is 120 Å². The molecule has 5 atom stereocenters. The number of hydrogen-bond donors (Lipinski definition) is 2. The van der Waals surface area contributed by atoms with Crippen molar-refractivity contribution in [2.45, 2.75) is 58.3 Å². The van der Waals surface area contributed by atoms with E-state index in [2.05, 4.69) is 6.92 Å². The highest BCUT2D eigenvalue weighted by Crippen LogP contribution is 2.48. The number of aliphatic carboxylic acids is 2. The number of carbonyl (C=O) groups is 2. The normalized spacial score (nSPS) is 37.1. The van der Waals surface area contributed by atoms with Crippen molar-refractivity contribution in [3.05, 3.63) is 0 Å². The highest BCUT2D eigenvalue weighted by molar-refractivity contribution is 5.71. The minimum atomic E-state index is -0.672. The first-order valence-corrected chi connectivity index (χ1v) is 7.98. The fourth-order valence-electron chi connectivity index (χ4n) is 4.31. The number of rotatable bonds is 5. The summed E-state index contributed by atoms with van der Waals surface area (Å²) in [6.07, 6.45) is 7.22. The van der Waals surface area contributed by atoms with Crippen LogP contribution in [0.3, 0.4) is 0 Å². The standard InChI is InChI=1S/C16H26O4/c1-2-3-4-11-7-13-8-12(15(17)18)6-5-10(13)9-14(11)16(19)20/h10-14H,2-9H2,1H3,(H,17,18)(H,19,20). The van der Waals surface area contributed by atoms with E-state index >= 15 is 0 Å². The van der Waals surface area contributed by atoms with Crippen LogP contribution in [-0.4, -0.2) is 22.2 Å². The predicted molar refractivity (Wildman–Crippen MR) is 75.3 cm³/mol. The van der Waals surface area contributed by atoms with Crippen LogP contribution < -0.4 is 0 Å². The van der Waals surface area contributed by atoms with Crippen LogP contribution >= 0.6 is 0 Å². The van der Waals surface area contributed by atoms with Gasteiger partial charge < -0.3 is 10.2 Å². The molecule has 0 aliphatic heterocycles. The van der Waals surface area contributed by atoms with Crippen molar-refractivity contribution in [1.82, 2.24) is 0 Å². The van der Waals surface area contributed by atoms with E-state index in [1.54, 1.807) is 0 Å². The second-order valence-corrected chi connectivity index (χ2v) is 6.69. The monoisotopic (exact) mass is 282 g/mol. The molecule has 0 spiro atoms. The summed E-state index contributed by atoms with van der Waals surface area (Å²) in [6.45, 7) is 2.13. The van der Waals surface area contributed by atoms with Crippen molar-refractivity contribution in [3.8, 4) is 0 Å². The molecule has 0 heterocycles. The number of unbranched alkanes of at least 4 members (excludes halogenated alkanes) is 1. The predicted octanol–water partition coefficient (Wildman–Crippen LogP) is 3.40. The van der Waals surface area contributed by atoms with Crippen molar-refractivity contribution >= 4 is 11.9 Å². The topological polar surface area (TPSA) is 74.6 Å². The van der Waals surface area contributed by atoms with E-state index in [1.165, 1.54) is 0 Å². The van der Waals surface area contributed by atoms with Gasteiger partial charge in [0.1, 0.15) is 0 Å². The van der Waals surface area contributed by atoms with Gasteiger partial charge in [0.25, 0.3) is 0 Å². The first-order chi connectivity index (χ1) is 9.52. The summed E-state index contributed by atoms with van der Waals surface area (Å²) in [7, 11) is 0. The smallest absolute Gasteiger partial charge is 0.306 e. The molecule has 4 nitrogen and oxygen atoms in total. The molecule has 2 rings (SSSR count). The summed E-state index contributed by atoms with van der Waals surface area (Å²) in [5.41, 5.74) is 0. The number of carboxylic acid groups (broad SMARTS) is 2. The van der Waals surface area contributed by atoms with Crippen molar-refractivity contribution in [2.24, 2.45) is 29.6 Å². The molecular formula is C16H26O4. The van der Waals surface area contributed by atoms with E-state index in [9.17, 15) is 19.8 Å². The molecule has 2 saturated carbocycles. The Kier molecular flexibility index (Phi) is 5.06. The third-order valence-corrected chi connectivity index (χ3v) is 5.47. The van der Waals surface area contributed by atoms with Crippen LogP contribution in [0.2, 0.25) is 0 Å². The van der Waals surface area contributed by atoms with Crippen molar-refractivity contribution in [3.63, 3.8) is 0 Å². The molecule has 2 N–H and O–H groups in total. The Bertz CT molecular complexity index is 365. The molecule has 2 aliphatic rings. The lowest BCUT2D eigenvalue weighted by Gasteiger charge is -2.44. The fourth-order valence-corrected chi connectivity index (χ4v) is 4.31. The van der Waals surface area contributed by atoms with Gasteiger partial charge in [-0.3, -0.25) is 9.59 Å². The summed E-state index contributed by atoms with van der Waals surface area (Å²) in [5, 5.41) is 18.6. The van der Waals surface area contributed by atoms with Crippen LogP contribution in [0.4, 0.5) is 0 Å². The zero-order valence-corrected chi connectivity index (χ0v) is 12.3. The fraction of sp³-hybridized carbons (Fsp3) is 0.875. The molecule has 0 radical (unpaired) electrons. The van der Waals surface area contributed by atoms with Gasteiger partial charge in [-0.2, -0.15) is 0 Å². The lowest BCUT2D eigenvalue weighted by molar-refractivity contribution is -0.150. The first kappa shape index (κ1) is 15.3. The molecule has 0 aromatic carbocycles. The molecular weight excluding hydrogens is 256 g/mol. The molecule has 0 bridgehead atoms. The zero-order valence-electron chi connectivity index (χ0n) is 12.3. The molecule has 4 heteroatoms. The van der Waals surface area contributed by atoms with Gasteiger partial charge >= 0.3 is 11.9 Å². The average Bonchev–Trinajstić information content (AvgIpc) is 2.43. The molecule has 2 aliphatic carbocycles. The van der Waals surface area contributed by atoms with E-state index in [-0.39, 0.29) is 17.8 Å². The van der Waals surface area contributed by atoms with Gasteiger partial charge in [-0.25, -0.2) is 0 Å². The zero-order chi connectivity index (χ0) is 14.7. The number of carboxylic acids is 2. The van der Waals surface area contributed by atoms with Crippen LogP contribution in [0.15, 0.2) is 0 Å². The Morgan fingerprint density at radius 1 is 1.00 bits per heavy atom. The third kappa shape index (κ3) is 3.33. The van der Waals surface area contributed by atoms with E-state index < -0.39 is 11.9 Å². The molecule has 114 valence electrons. The highest BCUT2D eigenvalue weighted by atomic mass is 16.4. The lowest BCUT2D eigenvalue weighted by atomic mass is 9.60. The Hall–Kier alpha value is -1.06. The summed E-state index contributed by atoms with van der Waals surface area (Å²) in [5.74, 6) is -0.611. The van der Waals surface area contributed by atoms with E-state index in [0.29, 0.717) is 11.8 Å². The molecule has 0 aromatic rings. The van der Waals surface area contributed by atoms with Crippen LogP contribution in [0.25, 0.3) is 0 Å². The minimum absolute atomic E-state index is 0.204. The SMILES string of the molecule is CCCCC1CC2CC(C(=O)O)CCC2CC1C(=O)O. The van der Waals surface area contributed by atoms with E-state index in [0.717, 1.165) is 51.4 Å². The third-order valence-electron chi connectivity index (χ3n) is 5.47. The van der Waals surface area contributed by atoms with Gasteiger partial charge in [0, 0.05) is 0 Å². The molecule has 0 saturated heterocycles. The first-order valence-electron chi connectivity index (χ1n) is 7.98. The molecule has 2 fully saturated rings. The van der Waals surface area contributed by atoms with Gasteiger partial charge in [0.15, 0.2) is 0 Å². The largest absolute Gasteiger partial charge is 0.481 e. The molecule has 0 aromatic heterocycles. The number of fused-ring (bicyclic) bond motifs is 1. The van der Waals surface area contributed by atoms with Gasteiger partial charge in [-0.15, -0.1) is 0 Å². The van der Waals surface area contributed by atoms with Gasteiger partial charge in [-0.1, -0.05) is 19.8 Å². The average molecular weight is 282 g/mol. The maximum atomic E-state index is 11.5.